The molecule has 2 aromatic carbocycles. The molecule has 0 unspecified atom stereocenters. The van der Waals surface area contributed by atoms with Crippen LogP contribution in [0.1, 0.15) is 35.7 Å². The Bertz CT molecular complexity index is 1170. The van der Waals surface area contributed by atoms with Gasteiger partial charge in [0.1, 0.15) is 6.29 Å². The molecule has 1 aliphatic heterocycles. The van der Waals surface area contributed by atoms with Crippen LogP contribution in [0.2, 0.25) is 0 Å². The van der Waals surface area contributed by atoms with Crippen LogP contribution in [0.3, 0.4) is 0 Å². The maximum Gasteiger partial charge on any atom is 0.264 e. The molecule has 3 rings (SSSR count). The summed E-state index contributed by atoms with van der Waals surface area (Å²) in [6.07, 6.45) is 1.73. The van der Waals surface area contributed by atoms with Crippen molar-refractivity contribution in [1.82, 2.24) is 4.31 Å². The molecule has 2 aromatic rings. The van der Waals surface area contributed by atoms with Crippen LogP contribution in [-0.2, 0) is 24.6 Å². The standard InChI is InChI=1S/C20H21NO6S2/c1-3-4-13-21(29(25,26)16-11-9-15(14-22)10-12-16)20-19(27-2)17-7-5-6-8-18(17)28(20,23)24/h5-12,14H,3-4,13H2,1-2H3. The third-order valence-corrected chi connectivity index (χ3v) is 8.40. The minimum atomic E-state index is -4.21. The fourth-order valence-corrected chi connectivity index (χ4v) is 6.86. The Morgan fingerprint density at radius 2 is 1.72 bits per heavy atom. The predicted molar refractivity (Wildman–Crippen MR) is 108 cm³/mol. The van der Waals surface area contributed by atoms with Gasteiger partial charge in [-0.25, -0.2) is 16.8 Å². The molecule has 7 nitrogen and oxygen atoms in total. The fourth-order valence-electron chi connectivity index (χ4n) is 3.15. The summed E-state index contributed by atoms with van der Waals surface area (Å²) < 4.78 is 59.6. The Morgan fingerprint density at radius 3 is 2.31 bits per heavy atom. The molecule has 154 valence electrons. The Hall–Kier alpha value is -2.65. The number of ether oxygens (including phenoxy) is 1. The molecule has 0 aromatic heterocycles. The van der Waals surface area contributed by atoms with Gasteiger partial charge in [-0.3, -0.25) is 9.10 Å². The quantitative estimate of drug-likeness (QED) is 0.591. The van der Waals surface area contributed by atoms with Crippen molar-refractivity contribution >= 4 is 31.9 Å². The smallest absolute Gasteiger partial charge is 0.264 e. The topological polar surface area (TPSA) is 97.8 Å². The fraction of sp³-hybridized carbons (Fsp3) is 0.250. The number of fused-ring (bicyclic) bond motifs is 1. The van der Waals surface area contributed by atoms with Crippen molar-refractivity contribution in [2.24, 2.45) is 0 Å². The average molecular weight is 436 g/mol. The number of carbonyl (C=O) groups is 1. The molecule has 0 amide bonds. The summed E-state index contributed by atoms with van der Waals surface area (Å²) in [5, 5.41) is -0.380. The number of rotatable bonds is 8. The molecule has 29 heavy (non-hydrogen) atoms. The number of carbonyl (C=O) groups excluding carboxylic acids is 1. The molecular weight excluding hydrogens is 414 g/mol. The van der Waals surface area contributed by atoms with Crippen molar-refractivity contribution in [2.45, 2.75) is 29.6 Å². The van der Waals surface area contributed by atoms with Gasteiger partial charge in [0.2, 0.25) is 9.84 Å². The van der Waals surface area contributed by atoms with E-state index < -0.39 is 19.9 Å². The molecule has 0 spiro atoms. The second-order valence-electron chi connectivity index (χ2n) is 6.46. The molecule has 0 saturated heterocycles. The van der Waals surface area contributed by atoms with E-state index in [2.05, 4.69) is 0 Å². The number of benzene rings is 2. The number of nitrogens with zero attached hydrogens (tertiary/aromatic N) is 1. The lowest BCUT2D eigenvalue weighted by Crippen LogP contribution is -2.34. The van der Waals surface area contributed by atoms with Crippen LogP contribution in [0.15, 0.2) is 63.4 Å². The average Bonchev–Trinajstić information content (AvgIpc) is 2.95. The highest BCUT2D eigenvalue weighted by atomic mass is 32.2. The van der Waals surface area contributed by atoms with Gasteiger partial charge in [-0.05, 0) is 30.7 Å². The van der Waals surface area contributed by atoms with Crippen molar-refractivity contribution < 1.29 is 26.4 Å². The molecule has 0 aliphatic carbocycles. The van der Waals surface area contributed by atoms with E-state index in [1.165, 1.54) is 37.4 Å². The van der Waals surface area contributed by atoms with Gasteiger partial charge in [0.25, 0.3) is 10.0 Å². The maximum absolute atomic E-state index is 13.4. The Morgan fingerprint density at radius 1 is 1.07 bits per heavy atom. The maximum atomic E-state index is 13.4. The normalized spacial score (nSPS) is 15.1. The SMILES string of the molecule is CCCCN(C1=C(OC)c2ccccc2S1(=O)=O)S(=O)(=O)c1ccc(C=O)cc1. The lowest BCUT2D eigenvalue weighted by Gasteiger charge is -2.25. The molecule has 0 radical (unpaired) electrons. The van der Waals surface area contributed by atoms with Crippen LogP contribution in [0.25, 0.3) is 5.76 Å². The van der Waals surface area contributed by atoms with Crippen molar-refractivity contribution in [3.63, 3.8) is 0 Å². The number of sulfone groups is 1. The van der Waals surface area contributed by atoms with E-state index in [0.717, 1.165) is 4.31 Å². The van der Waals surface area contributed by atoms with Crippen LogP contribution < -0.4 is 0 Å². The van der Waals surface area contributed by atoms with Gasteiger partial charge in [0, 0.05) is 17.7 Å². The summed E-state index contributed by atoms with van der Waals surface area (Å²) >= 11 is 0. The number of sulfonamides is 1. The third kappa shape index (κ3) is 3.56. The summed E-state index contributed by atoms with van der Waals surface area (Å²) in [5.41, 5.74) is 0.653. The minimum Gasteiger partial charge on any atom is -0.493 e. The van der Waals surface area contributed by atoms with Crippen molar-refractivity contribution in [1.29, 1.82) is 0 Å². The van der Waals surface area contributed by atoms with Crippen LogP contribution >= 0.6 is 0 Å². The first-order chi connectivity index (χ1) is 13.8. The zero-order valence-corrected chi connectivity index (χ0v) is 17.7. The summed E-state index contributed by atoms with van der Waals surface area (Å²) in [5.74, 6) is 0.00443. The van der Waals surface area contributed by atoms with Gasteiger partial charge in [0.05, 0.1) is 16.9 Å². The van der Waals surface area contributed by atoms with Gasteiger partial charge < -0.3 is 4.74 Å². The van der Waals surface area contributed by atoms with Gasteiger partial charge in [-0.2, -0.15) is 0 Å². The van der Waals surface area contributed by atoms with Crippen LogP contribution in [0.5, 0.6) is 0 Å². The second kappa shape index (κ2) is 8.00. The van der Waals surface area contributed by atoms with E-state index in [1.54, 1.807) is 18.2 Å². The molecule has 9 heteroatoms. The van der Waals surface area contributed by atoms with Gasteiger partial charge in [0.15, 0.2) is 10.8 Å². The molecule has 0 N–H and O–H groups in total. The molecule has 0 bridgehead atoms. The molecule has 0 saturated carbocycles. The summed E-state index contributed by atoms with van der Waals surface area (Å²) in [4.78, 5) is 10.8. The molecule has 1 aliphatic rings. The lowest BCUT2D eigenvalue weighted by atomic mass is 10.2. The van der Waals surface area contributed by atoms with E-state index in [9.17, 15) is 21.6 Å². The molecule has 0 fully saturated rings. The van der Waals surface area contributed by atoms with Crippen molar-refractivity contribution in [3.8, 4) is 0 Å². The van der Waals surface area contributed by atoms with Gasteiger partial charge in [-0.15, -0.1) is 0 Å². The number of hydrogen-bond acceptors (Lipinski definition) is 6. The molecule has 1 heterocycles. The third-order valence-electron chi connectivity index (χ3n) is 4.62. The Labute approximate surface area is 170 Å². The summed E-state index contributed by atoms with van der Waals surface area (Å²) in [6, 6.07) is 11.6. The first-order valence-corrected chi connectivity index (χ1v) is 11.9. The number of methoxy groups -OCH3 is 1. The largest absolute Gasteiger partial charge is 0.493 e. The van der Waals surface area contributed by atoms with Crippen LogP contribution in [0.4, 0.5) is 0 Å². The van der Waals surface area contributed by atoms with Gasteiger partial charge >= 0.3 is 0 Å². The van der Waals surface area contributed by atoms with Crippen molar-refractivity contribution in [2.75, 3.05) is 13.7 Å². The number of aldehydes is 1. The Balaban J connectivity index is 2.22. The highest BCUT2D eigenvalue weighted by molar-refractivity contribution is 7.97. The summed E-state index contributed by atoms with van der Waals surface area (Å²) in [6.45, 7) is 1.86. The van der Waals surface area contributed by atoms with Crippen LogP contribution in [0, 0.1) is 0 Å². The van der Waals surface area contributed by atoms with Gasteiger partial charge in [-0.1, -0.05) is 37.6 Å². The van der Waals surface area contributed by atoms with E-state index in [4.69, 9.17) is 4.74 Å². The molecule has 0 atom stereocenters. The highest BCUT2D eigenvalue weighted by Crippen LogP contribution is 2.42. The lowest BCUT2D eigenvalue weighted by molar-refractivity contribution is 0.112. The number of unbranched alkanes of at least 4 members (excludes halogenated alkanes) is 1. The van der Waals surface area contributed by atoms with E-state index in [0.29, 0.717) is 30.3 Å². The first-order valence-electron chi connectivity index (χ1n) is 8.99. The van der Waals surface area contributed by atoms with Crippen LogP contribution in [-0.4, -0.2) is 41.1 Å². The number of hydrogen-bond donors (Lipinski definition) is 0. The monoisotopic (exact) mass is 435 g/mol. The minimum absolute atomic E-state index is 0.00443. The van der Waals surface area contributed by atoms with E-state index in [1.807, 2.05) is 6.92 Å². The molecular formula is C20H21NO6S2. The zero-order chi connectivity index (χ0) is 21.2. The van der Waals surface area contributed by atoms with Crippen molar-refractivity contribution in [3.05, 3.63) is 64.7 Å². The van der Waals surface area contributed by atoms with E-state index in [-0.39, 0.29) is 27.1 Å². The predicted octanol–water partition coefficient (Wildman–Crippen LogP) is 3.05. The first kappa shape index (κ1) is 21.1. The zero-order valence-electron chi connectivity index (χ0n) is 16.0. The van der Waals surface area contributed by atoms with E-state index >= 15 is 0 Å². The Kier molecular flexibility index (Phi) is 5.81. The second-order valence-corrected chi connectivity index (χ2v) is 10.2. The summed E-state index contributed by atoms with van der Waals surface area (Å²) in [7, 11) is -6.99. The highest BCUT2D eigenvalue weighted by Gasteiger charge is 2.44.